The van der Waals surface area contributed by atoms with Crippen molar-refractivity contribution in [3.63, 3.8) is 0 Å². The Labute approximate surface area is 136 Å². The van der Waals surface area contributed by atoms with E-state index in [1.807, 2.05) is 39.0 Å². The zero-order valence-electron chi connectivity index (χ0n) is 13.6. The smallest absolute Gasteiger partial charge is 0.138 e. The van der Waals surface area contributed by atoms with Gasteiger partial charge in [0.2, 0.25) is 0 Å². The van der Waals surface area contributed by atoms with Gasteiger partial charge in [-0.15, -0.1) is 0 Å². The van der Waals surface area contributed by atoms with Crippen molar-refractivity contribution < 1.29 is 5.11 Å². The van der Waals surface area contributed by atoms with Gasteiger partial charge in [-0.25, -0.2) is 9.67 Å². The Morgan fingerprint density at radius 1 is 1.13 bits per heavy atom. The first-order valence-corrected chi connectivity index (χ1v) is 7.68. The van der Waals surface area contributed by atoms with Crippen LogP contribution in [0.15, 0.2) is 55.1 Å². The average molecular weight is 307 g/mol. The van der Waals surface area contributed by atoms with Gasteiger partial charge < -0.3 is 5.11 Å². The molecule has 1 N–H and O–H groups in total. The third-order valence-corrected chi connectivity index (χ3v) is 3.87. The first-order valence-electron chi connectivity index (χ1n) is 7.68. The predicted molar refractivity (Wildman–Crippen MR) is 93.6 cm³/mol. The van der Waals surface area contributed by atoms with E-state index in [1.54, 1.807) is 11.0 Å². The monoisotopic (exact) mass is 307 g/mol. The summed E-state index contributed by atoms with van der Waals surface area (Å²) in [6.45, 7) is 6.01. The highest BCUT2D eigenvalue weighted by atomic mass is 16.3. The van der Waals surface area contributed by atoms with Gasteiger partial charge in [0.15, 0.2) is 0 Å². The molecule has 4 nitrogen and oxygen atoms in total. The highest BCUT2D eigenvalue weighted by Gasteiger charge is 2.27. The van der Waals surface area contributed by atoms with E-state index < -0.39 is 6.10 Å². The molecule has 3 rings (SSSR count). The lowest BCUT2D eigenvalue weighted by Crippen LogP contribution is -2.29. The molecule has 0 aliphatic heterocycles. The molecule has 0 radical (unpaired) electrons. The molecule has 0 aliphatic rings. The van der Waals surface area contributed by atoms with E-state index in [0.717, 1.165) is 5.56 Å². The maximum Gasteiger partial charge on any atom is 0.138 e. The standard InChI is InChI=1S/C19H21N3O/c1-19(2,3)18(23)17(22-13-20-12-21-22)11-14-8-9-15-6-4-5-7-16(15)10-14/h4-13,18,23H,1-3H3. The Morgan fingerprint density at radius 2 is 1.87 bits per heavy atom. The number of hydrogen-bond acceptors (Lipinski definition) is 3. The van der Waals surface area contributed by atoms with Crippen LogP contribution in [0.25, 0.3) is 22.5 Å². The summed E-state index contributed by atoms with van der Waals surface area (Å²) in [6.07, 6.45) is 4.40. The van der Waals surface area contributed by atoms with Crippen molar-refractivity contribution >= 4 is 22.5 Å². The van der Waals surface area contributed by atoms with E-state index in [9.17, 15) is 5.11 Å². The zero-order valence-corrected chi connectivity index (χ0v) is 13.6. The molecule has 0 spiro atoms. The minimum Gasteiger partial charge on any atom is -0.386 e. The summed E-state index contributed by atoms with van der Waals surface area (Å²) in [6, 6.07) is 14.5. The van der Waals surface area contributed by atoms with Crippen LogP contribution in [-0.2, 0) is 0 Å². The van der Waals surface area contributed by atoms with Gasteiger partial charge in [-0.1, -0.05) is 57.2 Å². The Kier molecular flexibility index (Phi) is 4.01. The van der Waals surface area contributed by atoms with Gasteiger partial charge in [-0.05, 0) is 33.9 Å². The Bertz CT molecular complexity index is 829. The number of aliphatic hydroxyl groups excluding tert-OH is 1. The van der Waals surface area contributed by atoms with Gasteiger partial charge in [0.05, 0.1) is 5.70 Å². The lowest BCUT2D eigenvalue weighted by atomic mass is 9.86. The van der Waals surface area contributed by atoms with E-state index in [4.69, 9.17) is 0 Å². The van der Waals surface area contributed by atoms with Crippen LogP contribution in [0.2, 0.25) is 0 Å². The molecule has 3 aromatic rings. The van der Waals surface area contributed by atoms with Crippen LogP contribution < -0.4 is 0 Å². The maximum atomic E-state index is 10.7. The normalized spacial score (nSPS) is 14.2. The summed E-state index contributed by atoms with van der Waals surface area (Å²) >= 11 is 0. The minimum absolute atomic E-state index is 0.297. The molecule has 4 heteroatoms. The molecule has 1 heterocycles. The predicted octanol–water partition coefficient (Wildman–Crippen LogP) is 3.84. The lowest BCUT2D eigenvalue weighted by molar-refractivity contribution is 0.109. The second-order valence-corrected chi connectivity index (χ2v) is 6.78. The molecule has 0 saturated heterocycles. The zero-order chi connectivity index (χ0) is 16.4. The van der Waals surface area contributed by atoms with Crippen LogP contribution in [0.1, 0.15) is 26.3 Å². The van der Waals surface area contributed by atoms with Crippen LogP contribution >= 0.6 is 0 Å². The highest BCUT2D eigenvalue weighted by molar-refractivity contribution is 5.86. The highest BCUT2D eigenvalue weighted by Crippen LogP contribution is 2.29. The lowest BCUT2D eigenvalue weighted by Gasteiger charge is -2.28. The van der Waals surface area contributed by atoms with E-state index in [0.29, 0.717) is 5.70 Å². The van der Waals surface area contributed by atoms with E-state index in [2.05, 4.69) is 40.4 Å². The quantitative estimate of drug-likeness (QED) is 0.800. The van der Waals surface area contributed by atoms with Crippen LogP contribution in [0.5, 0.6) is 0 Å². The summed E-state index contributed by atoms with van der Waals surface area (Å²) < 4.78 is 1.63. The number of hydrogen-bond donors (Lipinski definition) is 1. The van der Waals surface area contributed by atoms with Crippen molar-refractivity contribution in [2.75, 3.05) is 0 Å². The summed E-state index contributed by atoms with van der Waals surface area (Å²) in [7, 11) is 0. The third kappa shape index (κ3) is 3.32. The molecule has 23 heavy (non-hydrogen) atoms. The molecule has 1 unspecified atom stereocenters. The minimum atomic E-state index is -0.657. The molecular weight excluding hydrogens is 286 g/mol. The Morgan fingerprint density at radius 3 is 2.52 bits per heavy atom. The molecule has 0 amide bonds. The Hall–Kier alpha value is -2.46. The largest absolute Gasteiger partial charge is 0.386 e. The van der Waals surface area contributed by atoms with E-state index in [-0.39, 0.29) is 5.41 Å². The number of fused-ring (bicyclic) bond motifs is 1. The molecule has 118 valence electrons. The molecular formula is C19H21N3O. The fourth-order valence-corrected chi connectivity index (χ4v) is 2.52. The van der Waals surface area contributed by atoms with Gasteiger partial charge in [0, 0.05) is 0 Å². The molecule has 0 saturated carbocycles. The van der Waals surface area contributed by atoms with E-state index >= 15 is 0 Å². The first-order chi connectivity index (χ1) is 10.9. The van der Waals surface area contributed by atoms with Gasteiger partial charge in [-0.2, -0.15) is 5.10 Å². The van der Waals surface area contributed by atoms with Crippen molar-refractivity contribution in [2.45, 2.75) is 26.9 Å². The van der Waals surface area contributed by atoms with Crippen LogP contribution in [0.4, 0.5) is 0 Å². The van der Waals surface area contributed by atoms with Crippen LogP contribution in [0, 0.1) is 5.41 Å². The van der Waals surface area contributed by atoms with Gasteiger partial charge in [0.1, 0.15) is 18.8 Å². The first kappa shape index (κ1) is 15.4. The fourth-order valence-electron chi connectivity index (χ4n) is 2.52. The number of rotatable bonds is 3. The van der Waals surface area contributed by atoms with E-state index in [1.165, 1.54) is 17.1 Å². The molecule has 0 bridgehead atoms. The third-order valence-electron chi connectivity index (χ3n) is 3.87. The van der Waals surface area contributed by atoms with Crippen molar-refractivity contribution in [1.82, 2.24) is 14.8 Å². The van der Waals surface area contributed by atoms with Crippen LogP contribution in [0.3, 0.4) is 0 Å². The second kappa shape index (κ2) is 5.97. The summed E-state index contributed by atoms with van der Waals surface area (Å²) in [5.74, 6) is 0. The van der Waals surface area contributed by atoms with Crippen molar-refractivity contribution in [1.29, 1.82) is 0 Å². The molecule has 1 atom stereocenters. The molecule has 2 aromatic carbocycles. The SMILES string of the molecule is CC(C)(C)C(O)C(=Cc1ccc2ccccc2c1)n1cncn1. The summed E-state index contributed by atoms with van der Waals surface area (Å²) in [5.41, 5.74) is 1.44. The van der Waals surface area contributed by atoms with Crippen molar-refractivity contribution in [3.8, 4) is 0 Å². The molecule has 0 fully saturated rings. The number of benzene rings is 2. The number of aromatic nitrogens is 3. The second-order valence-electron chi connectivity index (χ2n) is 6.78. The molecule has 1 aromatic heterocycles. The topological polar surface area (TPSA) is 50.9 Å². The molecule has 0 aliphatic carbocycles. The van der Waals surface area contributed by atoms with Gasteiger partial charge in [-0.3, -0.25) is 0 Å². The summed E-state index contributed by atoms with van der Waals surface area (Å²) in [5, 5.41) is 17.3. The Balaban J connectivity index is 2.09. The number of aliphatic hydroxyl groups is 1. The number of nitrogens with zero attached hydrogens (tertiary/aromatic N) is 3. The van der Waals surface area contributed by atoms with Crippen molar-refractivity contribution in [3.05, 3.63) is 60.7 Å². The van der Waals surface area contributed by atoms with Crippen LogP contribution in [-0.4, -0.2) is 26.0 Å². The average Bonchev–Trinajstić information content (AvgIpc) is 3.05. The van der Waals surface area contributed by atoms with Gasteiger partial charge >= 0.3 is 0 Å². The summed E-state index contributed by atoms with van der Waals surface area (Å²) in [4.78, 5) is 4.00. The fraction of sp³-hybridized carbons (Fsp3) is 0.263. The van der Waals surface area contributed by atoms with Gasteiger partial charge in [0.25, 0.3) is 0 Å². The van der Waals surface area contributed by atoms with Crippen molar-refractivity contribution in [2.24, 2.45) is 5.41 Å². The maximum absolute atomic E-state index is 10.7.